The Labute approximate surface area is 558 Å². The van der Waals surface area contributed by atoms with Crippen LogP contribution in [0.1, 0.15) is 111 Å². The first kappa shape index (κ1) is 65.6. The van der Waals surface area contributed by atoms with Gasteiger partial charge >= 0.3 is 12.2 Å². The maximum Gasteiger partial charge on any atom is 0.415 e. The number of likely N-dealkylation sites (tertiary alicyclic amines) is 1. The number of amides is 4. The highest BCUT2D eigenvalue weighted by molar-refractivity contribution is 6.76. The number of fused-ring (bicyclic) bond motifs is 4. The van der Waals surface area contributed by atoms with E-state index in [0.29, 0.717) is 84.7 Å². The number of hydrogen-bond acceptors (Lipinski definition) is 11. The van der Waals surface area contributed by atoms with Gasteiger partial charge in [0, 0.05) is 74.6 Å². The molecule has 96 heavy (non-hydrogen) atoms. The van der Waals surface area contributed by atoms with Gasteiger partial charge < -0.3 is 43.7 Å². The molecule has 4 amide bonds. The summed E-state index contributed by atoms with van der Waals surface area (Å²) in [6.45, 7) is 14.7. The zero-order valence-corrected chi connectivity index (χ0v) is 55.6. The van der Waals surface area contributed by atoms with Crippen molar-refractivity contribution in [2.75, 3.05) is 19.7 Å². The van der Waals surface area contributed by atoms with Crippen molar-refractivity contribution in [3.63, 3.8) is 0 Å². The molecular formula is C78H76F2N6O9Si. The zero-order chi connectivity index (χ0) is 67.1. The Morgan fingerprint density at radius 3 is 1.36 bits per heavy atom. The lowest BCUT2D eigenvalue weighted by atomic mass is 9.99. The summed E-state index contributed by atoms with van der Waals surface area (Å²) in [5.41, 5.74) is 7.69. The molecule has 8 aromatic carbocycles. The van der Waals surface area contributed by atoms with Gasteiger partial charge in [-0.15, -0.1) is 0 Å². The molecule has 490 valence electrons. The first-order valence-electron chi connectivity index (χ1n) is 32.4. The predicted octanol–water partition coefficient (Wildman–Crippen LogP) is 16.6. The number of piperidine rings is 1. The van der Waals surface area contributed by atoms with Crippen LogP contribution in [0.5, 0.6) is 23.0 Å². The minimum atomic E-state index is -1.37. The standard InChI is InChI=1S/C42H41FN4O6.C36H35FN2O3Si/c1-42(2,3)53-40(49)45-31-20-23-46(24-21-31)41(50)52-37-32-15-10-22-44-35(32)38(51-36(28-11-6-4-7-12-28)29-13-8-5-9-14-29)34-33(37)26-47(39(34)48)25-27-16-18-30(43)19-17-27;1-43(2,3)22-21-41-34-29-15-10-20-38-32(29)35(42-33(26-11-6-4-7-12-26)27-13-8-5-9-14-27)31-30(34)24-39(36(31)40)23-25-16-18-28(37)19-17-25/h4-19,22,31,36H,20-21,23-26H2,1-3H3,(H,45,49);4-20,33H,21-24H2,1-3H3. The number of alkyl carbamates (subject to hydrolysis) is 1. The topological polar surface area (TPSA) is 162 Å². The number of halogens is 2. The Balaban J connectivity index is 0.000000187. The van der Waals surface area contributed by atoms with Gasteiger partial charge in [-0.25, -0.2) is 18.4 Å². The van der Waals surface area contributed by atoms with Crippen LogP contribution in [-0.2, 0) is 30.9 Å². The second-order valence-corrected chi connectivity index (χ2v) is 32.1. The third-order valence-electron chi connectivity index (χ3n) is 17.1. The van der Waals surface area contributed by atoms with E-state index < -0.39 is 38.1 Å². The van der Waals surface area contributed by atoms with Crippen molar-refractivity contribution in [1.29, 1.82) is 0 Å². The number of nitrogens with one attached hydrogen (secondary N) is 1. The van der Waals surface area contributed by atoms with Crippen LogP contribution in [0.3, 0.4) is 0 Å². The molecule has 3 aliphatic rings. The highest BCUT2D eigenvalue weighted by atomic mass is 28.3. The van der Waals surface area contributed by atoms with Gasteiger partial charge in [-0.2, -0.15) is 0 Å². The molecule has 1 fully saturated rings. The van der Waals surface area contributed by atoms with Gasteiger partial charge in [-0.1, -0.05) is 165 Å². The quantitative estimate of drug-likeness (QED) is 0.0814. The number of benzene rings is 8. The number of carbonyl (C=O) groups excluding carboxylic acids is 4. The molecule has 1 saturated heterocycles. The fourth-order valence-corrected chi connectivity index (χ4v) is 13.0. The Kier molecular flexibility index (Phi) is 19.6. The maximum atomic E-state index is 14.5. The van der Waals surface area contributed by atoms with E-state index in [0.717, 1.165) is 50.4 Å². The summed E-state index contributed by atoms with van der Waals surface area (Å²) in [6.07, 6.45) is 2.26. The third-order valence-corrected chi connectivity index (χ3v) is 18.8. The first-order valence-corrected chi connectivity index (χ1v) is 36.1. The molecule has 5 heterocycles. The molecule has 0 bridgehead atoms. The molecule has 3 aliphatic heterocycles. The predicted molar refractivity (Wildman–Crippen MR) is 368 cm³/mol. The van der Waals surface area contributed by atoms with Gasteiger partial charge in [-0.05, 0) is 122 Å². The second-order valence-electron chi connectivity index (χ2n) is 26.5. The van der Waals surface area contributed by atoms with Crippen molar-refractivity contribution in [2.45, 2.75) is 109 Å². The third kappa shape index (κ3) is 15.2. The summed E-state index contributed by atoms with van der Waals surface area (Å²) in [5.74, 6) is 0.509. The lowest BCUT2D eigenvalue weighted by Crippen LogP contribution is -2.48. The van der Waals surface area contributed by atoms with E-state index >= 15 is 0 Å². The number of rotatable bonds is 18. The van der Waals surface area contributed by atoms with E-state index in [9.17, 15) is 28.0 Å². The van der Waals surface area contributed by atoms with E-state index in [1.807, 2.05) is 140 Å². The summed E-state index contributed by atoms with van der Waals surface area (Å²) in [5, 5.41) is 4.24. The van der Waals surface area contributed by atoms with Crippen LogP contribution in [0, 0.1) is 11.6 Å². The van der Waals surface area contributed by atoms with E-state index in [4.69, 9.17) is 33.7 Å². The van der Waals surface area contributed by atoms with Gasteiger partial charge in [0.05, 0.1) is 30.8 Å². The number of ether oxygens (including phenoxy) is 5. The van der Waals surface area contributed by atoms with Crippen molar-refractivity contribution >= 4 is 53.9 Å². The van der Waals surface area contributed by atoms with Crippen molar-refractivity contribution in [1.82, 2.24) is 30.0 Å². The molecule has 1 N–H and O–H groups in total. The summed E-state index contributed by atoms with van der Waals surface area (Å²) < 4.78 is 59.5. The van der Waals surface area contributed by atoms with Gasteiger partial charge in [0.25, 0.3) is 11.8 Å². The largest absolute Gasteiger partial charge is 0.493 e. The monoisotopic (exact) mass is 1310 g/mol. The molecule has 18 heteroatoms. The smallest absolute Gasteiger partial charge is 0.415 e. The molecule has 0 saturated carbocycles. The summed E-state index contributed by atoms with van der Waals surface area (Å²) in [4.78, 5) is 69.4. The Morgan fingerprint density at radius 2 is 0.958 bits per heavy atom. The highest BCUT2D eigenvalue weighted by Gasteiger charge is 2.41. The van der Waals surface area contributed by atoms with Crippen LogP contribution >= 0.6 is 0 Å². The molecule has 10 aromatic rings. The molecule has 0 atom stereocenters. The molecular weight excluding hydrogens is 1230 g/mol. The summed E-state index contributed by atoms with van der Waals surface area (Å²) in [7, 11) is -1.37. The lowest BCUT2D eigenvalue weighted by molar-refractivity contribution is 0.0481. The van der Waals surface area contributed by atoms with Crippen LogP contribution in [0.25, 0.3) is 21.8 Å². The van der Waals surface area contributed by atoms with Crippen LogP contribution in [-0.4, -0.2) is 88.1 Å². The molecule has 0 radical (unpaired) electrons. The minimum Gasteiger partial charge on any atom is -0.493 e. The lowest BCUT2D eigenvalue weighted by Gasteiger charge is -2.32. The molecule has 0 unspecified atom stereocenters. The summed E-state index contributed by atoms with van der Waals surface area (Å²) in [6, 6.07) is 60.1. The molecule has 13 rings (SSSR count). The summed E-state index contributed by atoms with van der Waals surface area (Å²) >= 11 is 0. The SMILES string of the molecule is CC(C)(C)OC(=O)NC1CCN(C(=O)Oc2c3c(c(OC(c4ccccc4)c4ccccc4)c4ncccc24)C(=O)N(Cc2ccc(F)cc2)C3)CC1.C[Si](C)(C)CCOc1c2c(c(OC(c3ccccc3)c3ccccc3)c3ncccc13)C(=O)N(Cc1ccc(F)cc1)C2. The van der Waals surface area contributed by atoms with E-state index in [2.05, 4.69) is 25.0 Å². The molecule has 15 nitrogen and oxygen atoms in total. The zero-order valence-electron chi connectivity index (χ0n) is 54.6. The van der Waals surface area contributed by atoms with Crippen molar-refractivity contribution in [3.05, 3.63) is 274 Å². The van der Waals surface area contributed by atoms with Gasteiger partial charge in [0.1, 0.15) is 52.0 Å². The highest BCUT2D eigenvalue weighted by Crippen LogP contribution is 2.49. The van der Waals surface area contributed by atoms with Crippen molar-refractivity contribution in [2.24, 2.45) is 0 Å². The van der Waals surface area contributed by atoms with Gasteiger partial charge in [0.2, 0.25) is 0 Å². The Bertz CT molecular complexity index is 4340. The number of hydrogen-bond donors (Lipinski definition) is 1. The Morgan fingerprint density at radius 1 is 0.552 bits per heavy atom. The van der Waals surface area contributed by atoms with E-state index in [-0.39, 0.29) is 59.6 Å². The average Bonchev–Trinajstić information content (AvgIpc) is 1.53. The van der Waals surface area contributed by atoms with Crippen molar-refractivity contribution in [3.8, 4) is 23.0 Å². The van der Waals surface area contributed by atoms with Crippen LogP contribution in [0.15, 0.2) is 207 Å². The van der Waals surface area contributed by atoms with E-state index in [1.54, 1.807) is 78.2 Å². The molecule has 0 spiro atoms. The number of pyridine rings is 2. The average molecular weight is 1310 g/mol. The fraction of sp³-hybridized carbons (Fsp3) is 0.256. The van der Waals surface area contributed by atoms with Crippen LogP contribution in [0.2, 0.25) is 25.7 Å². The number of nitrogens with zero attached hydrogens (tertiary/aromatic N) is 5. The normalized spacial score (nSPS) is 14.0. The fourth-order valence-electron chi connectivity index (χ4n) is 12.3. The van der Waals surface area contributed by atoms with Crippen LogP contribution < -0.4 is 24.3 Å². The first-order chi connectivity index (χ1) is 46.3. The van der Waals surface area contributed by atoms with Gasteiger partial charge in [-0.3, -0.25) is 19.6 Å². The minimum absolute atomic E-state index is 0.124. The Hall–Kier alpha value is -10.5. The molecule has 0 aliphatic carbocycles. The second kappa shape index (κ2) is 28.6. The van der Waals surface area contributed by atoms with Crippen molar-refractivity contribution < 1.29 is 51.6 Å². The maximum absolute atomic E-state index is 14.5. The molecule has 2 aromatic heterocycles. The number of aromatic nitrogens is 2. The van der Waals surface area contributed by atoms with Crippen LogP contribution in [0.4, 0.5) is 18.4 Å². The van der Waals surface area contributed by atoms with Gasteiger partial charge in [0.15, 0.2) is 11.5 Å². The number of carbonyl (C=O) groups is 4. The van der Waals surface area contributed by atoms with E-state index in [1.165, 1.54) is 24.3 Å².